The van der Waals surface area contributed by atoms with Gasteiger partial charge in [0.05, 0.1) is 5.69 Å². The van der Waals surface area contributed by atoms with Gasteiger partial charge in [-0.1, -0.05) is 0 Å². The lowest BCUT2D eigenvalue weighted by atomic mass is 10.1. The summed E-state index contributed by atoms with van der Waals surface area (Å²) in [4.78, 5) is 4.54. The van der Waals surface area contributed by atoms with Crippen molar-refractivity contribution in [2.45, 2.75) is 39.5 Å². The standard InChI is InChI=1S/C15H18F2N2OS/c1-15(2,3)18-8-13-19-12(9-21-13)10-4-6-11(7-5-10)20-14(16)17/h4-7,9,14,18H,8H2,1-3H3. The minimum absolute atomic E-state index is 0.0418. The molecule has 0 aliphatic rings. The Morgan fingerprint density at radius 1 is 1.24 bits per heavy atom. The monoisotopic (exact) mass is 312 g/mol. The number of aromatic nitrogens is 1. The molecule has 1 heterocycles. The number of hydrogen-bond donors (Lipinski definition) is 1. The lowest BCUT2D eigenvalue weighted by Gasteiger charge is -2.19. The molecule has 0 atom stereocenters. The number of alkyl halides is 2. The molecule has 3 nitrogen and oxygen atoms in total. The van der Waals surface area contributed by atoms with Crippen LogP contribution in [0.2, 0.25) is 0 Å². The largest absolute Gasteiger partial charge is 0.435 e. The fourth-order valence-corrected chi connectivity index (χ4v) is 2.42. The molecule has 0 aliphatic heterocycles. The van der Waals surface area contributed by atoms with Crippen LogP contribution < -0.4 is 10.1 Å². The molecule has 0 radical (unpaired) electrons. The predicted molar refractivity (Wildman–Crippen MR) is 80.8 cm³/mol. The van der Waals surface area contributed by atoms with Gasteiger partial charge in [-0.05, 0) is 45.0 Å². The molecule has 1 N–H and O–H groups in total. The van der Waals surface area contributed by atoms with E-state index in [-0.39, 0.29) is 11.3 Å². The Balaban J connectivity index is 2.03. The third-order valence-electron chi connectivity index (χ3n) is 2.70. The van der Waals surface area contributed by atoms with Crippen LogP contribution in [0.1, 0.15) is 25.8 Å². The van der Waals surface area contributed by atoms with Crippen LogP contribution in [0.25, 0.3) is 11.3 Å². The number of halogens is 2. The van der Waals surface area contributed by atoms with Crippen molar-refractivity contribution in [1.29, 1.82) is 0 Å². The van der Waals surface area contributed by atoms with Crippen LogP contribution in [-0.4, -0.2) is 17.1 Å². The number of thiazole rings is 1. The van der Waals surface area contributed by atoms with Crippen LogP contribution in [0.5, 0.6) is 5.75 Å². The van der Waals surface area contributed by atoms with Gasteiger partial charge in [0.2, 0.25) is 0 Å². The fraction of sp³-hybridized carbons (Fsp3) is 0.400. The SMILES string of the molecule is CC(C)(C)NCc1nc(-c2ccc(OC(F)F)cc2)cs1. The molecule has 2 aromatic rings. The number of nitrogens with one attached hydrogen (secondary N) is 1. The summed E-state index contributed by atoms with van der Waals surface area (Å²) >= 11 is 1.58. The van der Waals surface area contributed by atoms with E-state index in [0.29, 0.717) is 6.54 Å². The molecule has 0 aliphatic carbocycles. The Bertz CT molecular complexity index is 576. The average molecular weight is 312 g/mol. The zero-order valence-electron chi connectivity index (χ0n) is 12.2. The van der Waals surface area contributed by atoms with Crippen LogP contribution in [0.3, 0.4) is 0 Å². The molecule has 0 bridgehead atoms. The third-order valence-corrected chi connectivity index (χ3v) is 3.55. The number of hydrogen-bond acceptors (Lipinski definition) is 4. The quantitative estimate of drug-likeness (QED) is 0.894. The highest BCUT2D eigenvalue weighted by molar-refractivity contribution is 7.09. The molecule has 1 aromatic carbocycles. The van der Waals surface area contributed by atoms with Gasteiger partial charge in [0.1, 0.15) is 10.8 Å². The van der Waals surface area contributed by atoms with Crippen molar-refractivity contribution in [1.82, 2.24) is 10.3 Å². The highest BCUT2D eigenvalue weighted by Gasteiger charge is 2.11. The van der Waals surface area contributed by atoms with E-state index >= 15 is 0 Å². The van der Waals surface area contributed by atoms with Gasteiger partial charge in [-0.25, -0.2) is 4.98 Å². The summed E-state index contributed by atoms with van der Waals surface area (Å²) in [5.74, 6) is 0.151. The average Bonchev–Trinajstić information content (AvgIpc) is 2.84. The summed E-state index contributed by atoms with van der Waals surface area (Å²) in [5, 5.41) is 6.33. The van der Waals surface area contributed by atoms with Crippen molar-refractivity contribution in [2.24, 2.45) is 0 Å². The van der Waals surface area contributed by atoms with Gasteiger partial charge in [0.25, 0.3) is 0 Å². The van der Waals surface area contributed by atoms with Crippen molar-refractivity contribution in [3.05, 3.63) is 34.7 Å². The van der Waals surface area contributed by atoms with E-state index in [1.54, 1.807) is 23.5 Å². The molecule has 0 saturated heterocycles. The maximum absolute atomic E-state index is 12.1. The van der Waals surface area contributed by atoms with Crippen molar-refractivity contribution >= 4 is 11.3 Å². The maximum Gasteiger partial charge on any atom is 0.387 e. The van der Waals surface area contributed by atoms with Gasteiger partial charge >= 0.3 is 6.61 Å². The first kappa shape index (κ1) is 15.9. The molecule has 6 heteroatoms. The van der Waals surface area contributed by atoms with Crippen LogP contribution in [-0.2, 0) is 6.54 Å². The lowest BCUT2D eigenvalue weighted by molar-refractivity contribution is -0.0498. The molecular weight excluding hydrogens is 294 g/mol. The van der Waals surface area contributed by atoms with Crippen LogP contribution in [0, 0.1) is 0 Å². The highest BCUT2D eigenvalue weighted by Crippen LogP contribution is 2.25. The molecular formula is C15H18F2N2OS. The smallest absolute Gasteiger partial charge is 0.387 e. The van der Waals surface area contributed by atoms with E-state index in [4.69, 9.17) is 0 Å². The highest BCUT2D eigenvalue weighted by atomic mass is 32.1. The van der Waals surface area contributed by atoms with Crippen LogP contribution in [0.15, 0.2) is 29.6 Å². The first-order valence-corrected chi connectivity index (χ1v) is 7.46. The van der Waals surface area contributed by atoms with Crippen molar-refractivity contribution in [3.8, 4) is 17.0 Å². The summed E-state index contributed by atoms with van der Waals surface area (Å²) in [7, 11) is 0. The Labute approximate surface area is 127 Å². The normalized spacial score (nSPS) is 11.9. The molecule has 0 fully saturated rings. The first-order chi connectivity index (χ1) is 9.83. The molecule has 114 valence electrons. The van der Waals surface area contributed by atoms with E-state index in [2.05, 4.69) is 35.8 Å². The van der Waals surface area contributed by atoms with Gasteiger partial charge in [-0.2, -0.15) is 8.78 Å². The maximum atomic E-state index is 12.1. The Kier molecular flexibility index (Phi) is 4.90. The molecule has 0 amide bonds. The zero-order chi connectivity index (χ0) is 15.5. The van der Waals surface area contributed by atoms with E-state index in [0.717, 1.165) is 16.3 Å². The number of rotatable bonds is 5. The summed E-state index contributed by atoms with van der Waals surface area (Å²) in [6, 6.07) is 6.50. The van der Waals surface area contributed by atoms with Gasteiger partial charge in [-0.3, -0.25) is 0 Å². The molecule has 21 heavy (non-hydrogen) atoms. The van der Waals surface area contributed by atoms with Gasteiger partial charge in [-0.15, -0.1) is 11.3 Å². The zero-order valence-corrected chi connectivity index (χ0v) is 13.0. The summed E-state index contributed by atoms with van der Waals surface area (Å²) < 4.78 is 28.5. The van der Waals surface area contributed by atoms with E-state index in [1.165, 1.54) is 12.1 Å². The Morgan fingerprint density at radius 3 is 2.48 bits per heavy atom. The minimum Gasteiger partial charge on any atom is -0.435 e. The van der Waals surface area contributed by atoms with Gasteiger partial charge in [0.15, 0.2) is 0 Å². The molecule has 0 unspecified atom stereocenters. The minimum atomic E-state index is -2.80. The van der Waals surface area contributed by atoms with Crippen molar-refractivity contribution in [3.63, 3.8) is 0 Å². The second-order valence-electron chi connectivity index (χ2n) is 5.63. The van der Waals surface area contributed by atoms with E-state index in [1.807, 2.05) is 5.38 Å². The third kappa shape index (κ3) is 5.06. The van der Waals surface area contributed by atoms with Crippen LogP contribution in [0.4, 0.5) is 8.78 Å². The molecule has 0 spiro atoms. The summed E-state index contributed by atoms with van der Waals surface area (Å²) in [5.41, 5.74) is 1.77. The van der Waals surface area contributed by atoms with Gasteiger partial charge in [0, 0.05) is 23.0 Å². The molecule has 2 rings (SSSR count). The Hall–Kier alpha value is -1.53. The second-order valence-corrected chi connectivity index (χ2v) is 6.58. The van der Waals surface area contributed by atoms with Crippen molar-refractivity contribution in [2.75, 3.05) is 0 Å². The molecule has 0 saturated carbocycles. The summed E-state index contributed by atoms with van der Waals surface area (Å²) in [6.07, 6.45) is 0. The predicted octanol–water partition coefficient (Wildman–Crippen LogP) is 4.30. The number of ether oxygens (including phenoxy) is 1. The van der Waals surface area contributed by atoms with Crippen molar-refractivity contribution < 1.29 is 13.5 Å². The number of nitrogens with zero attached hydrogens (tertiary/aromatic N) is 1. The second kappa shape index (κ2) is 6.49. The number of benzene rings is 1. The lowest BCUT2D eigenvalue weighted by Crippen LogP contribution is -2.34. The molecule has 1 aromatic heterocycles. The van der Waals surface area contributed by atoms with Gasteiger partial charge < -0.3 is 10.1 Å². The topological polar surface area (TPSA) is 34.2 Å². The fourth-order valence-electron chi connectivity index (χ4n) is 1.67. The van der Waals surface area contributed by atoms with E-state index in [9.17, 15) is 8.78 Å². The Morgan fingerprint density at radius 2 is 1.90 bits per heavy atom. The van der Waals surface area contributed by atoms with Crippen LogP contribution >= 0.6 is 11.3 Å². The van der Waals surface area contributed by atoms with E-state index < -0.39 is 6.61 Å². The first-order valence-electron chi connectivity index (χ1n) is 6.58. The summed E-state index contributed by atoms with van der Waals surface area (Å²) in [6.45, 7) is 4.21.